The fourth-order valence-corrected chi connectivity index (χ4v) is 1.52. The summed E-state index contributed by atoms with van der Waals surface area (Å²) in [6.45, 7) is 0. The lowest BCUT2D eigenvalue weighted by Crippen LogP contribution is -2.15. The largest absolute Gasteiger partial charge is 0.433 e. The van der Waals surface area contributed by atoms with E-state index in [0.717, 1.165) is 23.9 Å². The first kappa shape index (κ1) is 11.8. The summed E-state index contributed by atoms with van der Waals surface area (Å²) < 4.78 is 36.7. The predicted octanol–water partition coefficient (Wildman–Crippen LogP) is 1.92. The van der Waals surface area contributed by atoms with Crippen molar-refractivity contribution in [3.05, 3.63) is 23.4 Å². The third-order valence-corrected chi connectivity index (χ3v) is 2.31. The number of hydrogen-bond donors (Lipinski definition) is 1. The highest BCUT2D eigenvalue weighted by atomic mass is 32.2. The summed E-state index contributed by atoms with van der Waals surface area (Å²) >= 11 is 0.942. The van der Waals surface area contributed by atoms with Crippen LogP contribution in [0.3, 0.4) is 0 Å². The molecule has 7 heteroatoms. The lowest BCUT2D eigenvalue weighted by Gasteiger charge is -2.08. The van der Waals surface area contributed by atoms with Crippen LogP contribution in [0, 0.1) is 0 Å². The Morgan fingerprint density at radius 2 is 2.07 bits per heavy atom. The molecule has 0 atom stereocenters. The molecular weight excluding hydrogens is 229 g/mol. The summed E-state index contributed by atoms with van der Waals surface area (Å²) in [6.07, 6.45) is -2.99. The highest BCUT2D eigenvalue weighted by Gasteiger charge is 2.33. The average Bonchev–Trinajstić information content (AvgIpc) is 2.15. The molecule has 0 fully saturated rings. The number of carbonyl (C=O) groups excluding carboxylic acids is 1. The van der Waals surface area contributed by atoms with Crippen molar-refractivity contribution in [2.45, 2.75) is 11.2 Å². The van der Waals surface area contributed by atoms with Gasteiger partial charge in [-0.15, -0.1) is 11.8 Å². The molecule has 0 saturated carbocycles. The van der Waals surface area contributed by atoms with Gasteiger partial charge in [-0.2, -0.15) is 13.2 Å². The van der Waals surface area contributed by atoms with Gasteiger partial charge in [0.05, 0.1) is 5.56 Å². The van der Waals surface area contributed by atoms with Crippen LogP contribution in [0.25, 0.3) is 0 Å². The molecule has 15 heavy (non-hydrogen) atoms. The minimum atomic E-state index is -4.51. The molecule has 0 saturated heterocycles. The maximum Gasteiger partial charge on any atom is 0.433 e. The van der Waals surface area contributed by atoms with E-state index in [1.165, 1.54) is 6.26 Å². The number of pyridine rings is 1. The van der Waals surface area contributed by atoms with Crippen LogP contribution in [0.1, 0.15) is 16.1 Å². The van der Waals surface area contributed by atoms with Gasteiger partial charge in [-0.05, 0) is 18.4 Å². The zero-order valence-electron chi connectivity index (χ0n) is 7.63. The zero-order valence-corrected chi connectivity index (χ0v) is 8.45. The second-order valence-electron chi connectivity index (χ2n) is 2.62. The summed E-state index contributed by atoms with van der Waals surface area (Å²) in [5, 5.41) is -0.0164. The van der Waals surface area contributed by atoms with E-state index in [0.29, 0.717) is 0 Å². The monoisotopic (exact) mass is 236 g/mol. The van der Waals surface area contributed by atoms with Gasteiger partial charge in [-0.3, -0.25) is 4.79 Å². The van der Waals surface area contributed by atoms with Gasteiger partial charge in [0.25, 0.3) is 5.91 Å². The van der Waals surface area contributed by atoms with Gasteiger partial charge >= 0.3 is 6.18 Å². The first-order valence-corrected chi connectivity index (χ1v) is 5.00. The van der Waals surface area contributed by atoms with Crippen LogP contribution < -0.4 is 5.73 Å². The Hall–Kier alpha value is -1.24. The van der Waals surface area contributed by atoms with Crippen LogP contribution in [0.5, 0.6) is 0 Å². The number of carbonyl (C=O) groups is 1. The third kappa shape index (κ3) is 2.62. The fraction of sp³-hybridized carbons (Fsp3) is 0.250. The van der Waals surface area contributed by atoms with Crippen molar-refractivity contribution in [3.63, 3.8) is 0 Å². The number of nitrogens with two attached hydrogens (primary N) is 1. The van der Waals surface area contributed by atoms with Crippen LogP contribution in [-0.4, -0.2) is 17.1 Å². The van der Waals surface area contributed by atoms with E-state index in [9.17, 15) is 18.0 Å². The average molecular weight is 236 g/mol. The van der Waals surface area contributed by atoms with E-state index in [1.54, 1.807) is 0 Å². The molecule has 1 rings (SSSR count). The van der Waals surface area contributed by atoms with Gasteiger partial charge in [-0.1, -0.05) is 0 Å². The SMILES string of the molecule is CSc1nc(C(F)(F)F)ccc1C(N)=O. The standard InChI is InChI=1S/C8H7F3N2OS/c1-15-7-4(6(12)14)2-3-5(13-7)8(9,10)11/h2-3H,1H3,(H2,12,14). The Balaban J connectivity index is 3.25. The summed E-state index contributed by atoms with van der Waals surface area (Å²) in [5.41, 5.74) is 3.94. The summed E-state index contributed by atoms with van der Waals surface area (Å²) in [4.78, 5) is 14.2. The quantitative estimate of drug-likeness (QED) is 0.798. The number of rotatable bonds is 2. The molecule has 0 unspecified atom stereocenters. The number of amides is 1. The van der Waals surface area contributed by atoms with Gasteiger partial charge in [-0.25, -0.2) is 4.98 Å². The molecule has 0 bridgehead atoms. The number of thioether (sulfide) groups is 1. The predicted molar refractivity (Wildman–Crippen MR) is 49.5 cm³/mol. The van der Waals surface area contributed by atoms with Crippen LogP contribution in [-0.2, 0) is 6.18 Å². The Kier molecular flexibility index (Phi) is 3.23. The number of alkyl halides is 3. The highest BCUT2D eigenvalue weighted by molar-refractivity contribution is 7.98. The first-order chi connectivity index (χ1) is 6.86. The van der Waals surface area contributed by atoms with Crippen molar-refractivity contribution in [2.75, 3.05) is 6.26 Å². The molecule has 0 aliphatic rings. The Labute approximate surface area is 87.9 Å². The maximum atomic E-state index is 12.2. The lowest BCUT2D eigenvalue weighted by atomic mass is 10.2. The van der Waals surface area contributed by atoms with Crippen molar-refractivity contribution in [1.29, 1.82) is 0 Å². The third-order valence-electron chi connectivity index (χ3n) is 1.61. The van der Waals surface area contributed by atoms with Crippen molar-refractivity contribution in [2.24, 2.45) is 5.73 Å². The lowest BCUT2D eigenvalue weighted by molar-refractivity contribution is -0.141. The molecule has 82 valence electrons. The van der Waals surface area contributed by atoms with Crippen molar-refractivity contribution in [1.82, 2.24) is 4.98 Å². The van der Waals surface area contributed by atoms with Crippen molar-refractivity contribution >= 4 is 17.7 Å². The van der Waals surface area contributed by atoms with E-state index < -0.39 is 17.8 Å². The van der Waals surface area contributed by atoms with Crippen LogP contribution in [0.2, 0.25) is 0 Å². The smallest absolute Gasteiger partial charge is 0.366 e. The van der Waals surface area contributed by atoms with E-state index in [4.69, 9.17) is 5.73 Å². The minimum absolute atomic E-state index is 0.00417. The Bertz CT molecular complexity index is 392. The van der Waals surface area contributed by atoms with Crippen molar-refractivity contribution < 1.29 is 18.0 Å². The first-order valence-electron chi connectivity index (χ1n) is 3.78. The number of nitrogens with zero attached hydrogens (tertiary/aromatic N) is 1. The molecule has 0 aliphatic heterocycles. The van der Waals surface area contributed by atoms with Gasteiger partial charge < -0.3 is 5.73 Å². The summed E-state index contributed by atoms with van der Waals surface area (Å²) in [6, 6.07) is 1.77. The van der Waals surface area contributed by atoms with Gasteiger partial charge in [0.15, 0.2) is 0 Å². The van der Waals surface area contributed by atoms with E-state index >= 15 is 0 Å². The van der Waals surface area contributed by atoms with Crippen LogP contribution in [0.4, 0.5) is 13.2 Å². The molecule has 1 amide bonds. The number of hydrogen-bond acceptors (Lipinski definition) is 3. The molecule has 1 aromatic rings. The highest BCUT2D eigenvalue weighted by Crippen LogP contribution is 2.30. The fourth-order valence-electron chi connectivity index (χ4n) is 0.941. The second-order valence-corrected chi connectivity index (χ2v) is 3.41. The number of aromatic nitrogens is 1. The van der Waals surface area contributed by atoms with E-state index in [2.05, 4.69) is 4.98 Å². The normalized spacial score (nSPS) is 11.5. The summed E-state index contributed by atoms with van der Waals surface area (Å²) in [5.74, 6) is -0.791. The molecule has 1 aromatic heterocycles. The molecule has 2 N–H and O–H groups in total. The Morgan fingerprint density at radius 3 is 2.47 bits per heavy atom. The molecular formula is C8H7F3N2OS. The molecule has 0 aliphatic carbocycles. The van der Waals surface area contributed by atoms with Gasteiger partial charge in [0.2, 0.25) is 0 Å². The molecule has 0 spiro atoms. The van der Waals surface area contributed by atoms with E-state index in [1.807, 2.05) is 0 Å². The van der Waals surface area contributed by atoms with E-state index in [-0.39, 0.29) is 10.6 Å². The second kappa shape index (κ2) is 4.09. The molecule has 0 radical (unpaired) electrons. The van der Waals surface area contributed by atoms with Gasteiger partial charge in [0.1, 0.15) is 10.7 Å². The van der Waals surface area contributed by atoms with Crippen LogP contribution in [0.15, 0.2) is 17.2 Å². The number of halogens is 3. The number of primary amides is 1. The molecule has 3 nitrogen and oxygen atoms in total. The Morgan fingerprint density at radius 1 is 1.47 bits per heavy atom. The van der Waals surface area contributed by atoms with Gasteiger partial charge in [0, 0.05) is 0 Å². The van der Waals surface area contributed by atoms with Crippen molar-refractivity contribution in [3.8, 4) is 0 Å². The summed E-state index contributed by atoms with van der Waals surface area (Å²) in [7, 11) is 0. The zero-order chi connectivity index (χ0) is 11.6. The minimum Gasteiger partial charge on any atom is -0.366 e. The topological polar surface area (TPSA) is 56.0 Å². The molecule has 1 heterocycles. The van der Waals surface area contributed by atoms with Crippen LogP contribution >= 0.6 is 11.8 Å². The maximum absolute atomic E-state index is 12.2. The molecule has 0 aromatic carbocycles.